The summed E-state index contributed by atoms with van der Waals surface area (Å²) in [6.07, 6.45) is 5.20. The van der Waals surface area contributed by atoms with Gasteiger partial charge in [-0.1, -0.05) is 0 Å². The van der Waals surface area contributed by atoms with E-state index in [1.807, 2.05) is 6.92 Å². The van der Waals surface area contributed by atoms with Gasteiger partial charge in [0.2, 0.25) is 0 Å². The van der Waals surface area contributed by atoms with Crippen LogP contribution in [0.25, 0.3) is 0 Å². The first-order chi connectivity index (χ1) is 6.24. The average molecular weight is 183 g/mol. The van der Waals surface area contributed by atoms with Gasteiger partial charge in [0.1, 0.15) is 0 Å². The zero-order chi connectivity index (χ0) is 9.26. The molecule has 13 heavy (non-hydrogen) atoms. The maximum Gasteiger partial charge on any atom is 0.0524 e. The van der Waals surface area contributed by atoms with Gasteiger partial charge >= 0.3 is 0 Å². The number of nitrogens with zero attached hydrogens (tertiary/aromatic N) is 1. The Morgan fingerprint density at radius 1 is 1.31 bits per heavy atom. The molecule has 1 aliphatic carbocycles. The van der Waals surface area contributed by atoms with Crippen molar-refractivity contribution in [2.45, 2.75) is 38.7 Å². The van der Waals surface area contributed by atoms with Gasteiger partial charge in [-0.2, -0.15) is 0 Å². The van der Waals surface area contributed by atoms with Crippen LogP contribution in [0.5, 0.6) is 0 Å². The Morgan fingerprint density at radius 2 is 1.92 bits per heavy atom. The molecule has 2 bridgehead atoms. The molecule has 0 aromatic carbocycles. The molecule has 76 valence electrons. The zero-order valence-corrected chi connectivity index (χ0v) is 8.58. The van der Waals surface area contributed by atoms with E-state index in [4.69, 9.17) is 0 Å². The summed E-state index contributed by atoms with van der Waals surface area (Å²) in [6.45, 7) is 5.58. The molecule has 2 heteroatoms. The lowest BCUT2D eigenvalue weighted by Crippen LogP contribution is -2.37. The monoisotopic (exact) mass is 183 g/mol. The van der Waals surface area contributed by atoms with Crippen molar-refractivity contribution in [2.24, 2.45) is 11.8 Å². The SMILES string of the molecule is CC(O)CCN1CC2CCC(C2)C1. The highest BCUT2D eigenvalue weighted by atomic mass is 16.3. The third-order valence-corrected chi connectivity index (χ3v) is 3.55. The molecule has 3 atom stereocenters. The van der Waals surface area contributed by atoms with Gasteiger partial charge in [0, 0.05) is 19.6 Å². The van der Waals surface area contributed by atoms with E-state index in [1.165, 1.54) is 32.4 Å². The van der Waals surface area contributed by atoms with Crippen molar-refractivity contribution in [1.82, 2.24) is 4.90 Å². The summed E-state index contributed by atoms with van der Waals surface area (Å²) in [7, 11) is 0. The average Bonchev–Trinajstić information content (AvgIpc) is 2.42. The molecule has 2 nitrogen and oxygen atoms in total. The second-order valence-electron chi connectivity index (χ2n) is 4.94. The first-order valence-corrected chi connectivity index (χ1v) is 5.64. The minimum absolute atomic E-state index is 0.125. The second-order valence-corrected chi connectivity index (χ2v) is 4.94. The van der Waals surface area contributed by atoms with Gasteiger partial charge in [0.05, 0.1) is 6.10 Å². The van der Waals surface area contributed by atoms with E-state index in [2.05, 4.69) is 4.90 Å². The van der Waals surface area contributed by atoms with Crippen molar-refractivity contribution in [2.75, 3.05) is 19.6 Å². The Bertz CT molecular complexity index is 157. The number of hydrogen-bond donors (Lipinski definition) is 1. The molecular formula is C11H21NO. The molecule has 3 unspecified atom stereocenters. The Morgan fingerprint density at radius 3 is 2.46 bits per heavy atom. The molecule has 1 saturated heterocycles. The smallest absolute Gasteiger partial charge is 0.0524 e. The minimum atomic E-state index is -0.125. The summed E-state index contributed by atoms with van der Waals surface area (Å²) in [5.74, 6) is 1.96. The van der Waals surface area contributed by atoms with Crippen LogP contribution in [-0.4, -0.2) is 35.7 Å². The number of aliphatic hydroxyl groups excluding tert-OH is 1. The molecule has 1 aliphatic heterocycles. The second kappa shape index (κ2) is 3.97. The van der Waals surface area contributed by atoms with Gasteiger partial charge in [-0.05, 0) is 44.4 Å². The number of piperidine rings is 1. The maximum atomic E-state index is 9.20. The van der Waals surface area contributed by atoms with Crippen LogP contribution in [-0.2, 0) is 0 Å². The lowest BCUT2D eigenvalue weighted by atomic mass is 9.98. The predicted octanol–water partition coefficient (Wildman–Crippen LogP) is 1.49. The molecule has 0 aromatic rings. The van der Waals surface area contributed by atoms with E-state index in [0.29, 0.717) is 0 Å². The summed E-state index contributed by atoms with van der Waals surface area (Å²) in [5, 5.41) is 9.20. The Hall–Kier alpha value is -0.0800. The van der Waals surface area contributed by atoms with Crippen LogP contribution in [0, 0.1) is 11.8 Å². The number of rotatable bonds is 3. The third kappa shape index (κ3) is 2.44. The van der Waals surface area contributed by atoms with Crippen LogP contribution in [0.1, 0.15) is 32.6 Å². The van der Waals surface area contributed by atoms with Crippen molar-refractivity contribution < 1.29 is 5.11 Å². The summed E-state index contributed by atoms with van der Waals surface area (Å²) in [6, 6.07) is 0. The van der Waals surface area contributed by atoms with Crippen molar-refractivity contribution in [3.63, 3.8) is 0 Å². The molecule has 0 aromatic heterocycles. The fourth-order valence-corrected chi connectivity index (χ4v) is 2.87. The van der Waals surface area contributed by atoms with Crippen molar-refractivity contribution in [3.05, 3.63) is 0 Å². The molecule has 0 amide bonds. The van der Waals surface area contributed by atoms with E-state index >= 15 is 0 Å². The first-order valence-electron chi connectivity index (χ1n) is 5.64. The normalized spacial score (nSPS) is 36.5. The fraction of sp³-hybridized carbons (Fsp3) is 1.00. The number of hydrogen-bond acceptors (Lipinski definition) is 2. The van der Waals surface area contributed by atoms with Crippen LogP contribution in [0.2, 0.25) is 0 Å². The number of fused-ring (bicyclic) bond motifs is 2. The highest BCUT2D eigenvalue weighted by Crippen LogP contribution is 2.36. The highest BCUT2D eigenvalue weighted by molar-refractivity contribution is 4.85. The highest BCUT2D eigenvalue weighted by Gasteiger charge is 2.32. The van der Waals surface area contributed by atoms with Crippen LogP contribution < -0.4 is 0 Å². The van der Waals surface area contributed by atoms with Crippen LogP contribution in [0.4, 0.5) is 0 Å². The Balaban J connectivity index is 1.75. The van der Waals surface area contributed by atoms with Gasteiger partial charge < -0.3 is 10.0 Å². The lowest BCUT2D eigenvalue weighted by molar-refractivity contribution is 0.124. The predicted molar refractivity (Wildman–Crippen MR) is 53.6 cm³/mol. The van der Waals surface area contributed by atoms with Crippen molar-refractivity contribution in [1.29, 1.82) is 0 Å². The van der Waals surface area contributed by atoms with E-state index < -0.39 is 0 Å². The molecule has 1 saturated carbocycles. The third-order valence-electron chi connectivity index (χ3n) is 3.55. The summed E-state index contributed by atoms with van der Waals surface area (Å²) in [5.41, 5.74) is 0. The molecule has 2 fully saturated rings. The fourth-order valence-electron chi connectivity index (χ4n) is 2.87. The molecule has 2 aliphatic rings. The minimum Gasteiger partial charge on any atom is -0.393 e. The number of aliphatic hydroxyl groups is 1. The van der Waals surface area contributed by atoms with E-state index in [1.54, 1.807) is 0 Å². The summed E-state index contributed by atoms with van der Waals surface area (Å²) < 4.78 is 0. The van der Waals surface area contributed by atoms with Crippen molar-refractivity contribution >= 4 is 0 Å². The summed E-state index contributed by atoms with van der Waals surface area (Å²) in [4.78, 5) is 2.55. The van der Waals surface area contributed by atoms with E-state index in [0.717, 1.165) is 24.8 Å². The van der Waals surface area contributed by atoms with Gasteiger partial charge in [0.15, 0.2) is 0 Å². The Kier molecular flexibility index (Phi) is 2.89. The van der Waals surface area contributed by atoms with Gasteiger partial charge in [-0.15, -0.1) is 0 Å². The molecule has 1 heterocycles. The van der Waals surface area contributed by atoms with Crippen LogP contribution >= 0.6 is 0 Å². The number of likely N-dealkylation sites (tertiary alicyclic amines) is 1. The van der Waals surface area contributed by atoms with Crippen LogP contribution in [0.3, 0.4) is 0 Å². The summed E-state index contributed by atoms with van der Waals surface area (Å²) >= 11 is 0. The molecular weight excluding hydrogens is 162 g/mol. The molecule has 0 spiro atoms. The topological polar surface area (TPSA) is 23.5 Å². The van der Waals surface area contributed by atoms with Crippen LogP contribution in [0.15, 0.2) is 0 Å². The zero-order valence-electron chi connectivity index (χ0n) is 8.58. The van der Waals surface area contributed by atoms with E-state index in [-0.39, 0.29) is 6.10 Å². The molecule has 2 rings (SSSR count). The quantitative estimate of drug-likeness (QED) is 0.716. The van der Waals surface area contributed by atoms with Gasteiger partial charge in [0.25, 0.3) is 0 Å². The van der Waals surface area contributed by atoms with Gasteiger partial charge in [-0.3, -0.25) is 0 Å². The lowest BCUT2D eigenvalue weighted by Gasteiger charge is -2.31. The Labute approximate surface area is 80.9 Å². The first kappa shape index (κ1) is 9.47. The molecule has 1 N–H and O–H groups in total. The standard InChI is InChI=1S/C11H21NO/c1-9(13)4-5-12-7-10-2-3-11(6-10)8-12/h9-11,13H,2-8H2,1H3. The van der Waals surface area contributed by atoms with E-state index in [9.17, 15) is 5.11 Å². The largest absolute Gasteiger partial charge is 0.393 e. The maximum absolute atomic E-state index is 9.20. The van der Waals surface area contributed by atoms with Crippen molar-refractivity contribution in [3.8, 4) is 0 Å². The van der Waals surface area contributed by atoms with Gasteiger partial charge in [-0.25, -0.2) is 0 Å². The molecule has 0 radical (unpaired) electrons.